The van der Waals surface area contributed by atoms with Crippen molar-refractivity contribution in [2.45, 2.75) is 12.5 Å². The van der Waals surface area contributed by atoms with Gasteiger partial charge >= 0.3 is 0 Å². The molecule has 2 saturated heterocycles. The topological polar surface area (TPSA) is 63.1 Å². The summed E-state index contributed by atoms with van der Waals surface area (Å²) in [6, 6.07) is 0.360. The third kappa shape index (κ3) is 2.37. The van der Waals surface area contributed by atoms with E-state index in [9.17, 15) is 4.79 Å². The fraction of sp³-hybridized carbons (Fsp3) is 0.727. The summed E-state index contributed by atoms with van der Waals surface area (Å²) in [6.45, 7) is 3.49. The normalized spacial score (nSPS) is 21.4. The van der Waals surface area contributed by atoms with Gasteiger partial charge in [-0.1, -0.05) is 5.21 Å². The molecule has 0 unspecified atom stereocenters. The highest BCUT2D eigenvalue weighted by Gasteiger charge is 2.24. The standard InChI is InChI=1S/C11H17N5OS/c17-11(15-2-1-4-18-5-3-15)10-8-16(14-13-10)9-6-12-7-9/h8-9,12H,1-7H2. The van der Waals surface area contributed by atoms with Gasteiger partial charge in [0, 0.05) is 31.9 Å². The van der Waals surface area contributed by atoms with Gasteiger partial charge in [0.25, 0.3) is 5.91 Å². The molecule has 7 heteroatoms. The molecule has 18 heavy (non-hydrogen) atoms. The molecule has 98 valence electrons. The largest absolute Gasteiger partial charge is 0.336 e. The Morgan fingerprint density at radius 2 is 2.28 bits per heavy atom. The molecule has 2 aliphatic heterocycles. The SMILES string of the molecule is O=C(c1cn(C2CNC2)nn1)N1CCCSCC1. The van der Waals surface area contributed by atoms with E-state index in [-0.39, 0.29) is 5.91 Å². The molecule has 3 heterocycles. The lowest BCUT2D eigenvalue weighted by Gasteiger charge is -2.26. The molecule has 6 nitrogen and oxygen atoms in total. The minimum Gasteiger partial charge on any atom is -0.336 e. The van der Waals surface area contributed by atoms with Gasteiger partial charge in [0.1, 0.15) is 0 Å². The highest BCUT2D eigenvalue weighted by molar-refractivity contribution is 7.99. The van der Waals surface area contributed by atoms with Crippen LogP contribution in [-0.4, -0.2) is 63.5 Å². The first-order valence-electron chi connectivity index (χ1n) is 6.34. The molecule has 1 amide bonds. The summed E-state index contributed by atoms with van der Waals surface area (Å²) in [5.41, 5.74) is 0.480. The number of carbonyl (C=O) groups is 1. The quantitative estimate of drug-likeness (QED) is 0.817. The molecule has 1 aromatic rings. The monoisotopic (exact) mass is 267 g/mol. The molecule has 3 rings (SSSR count). The van der Waals surface area contributed by atoms with Crippen LogP contribution >= 0.6 is 11.8 Å². The van der Waals surface area contributed by atoms with Gasteiger partial charge < -0.3 is 10.2 Å². The predicted octanol–water partition coefficient (Wildman–Crippen LogP) is 0.00150. The minimum atomic E-state index is 0.0241. The first-order valence-corrected chi connectivity index (χ1v) is 7.49. The summed E-state index contributed by atoms with van der Waals surface area (Å²) in [5, 5.41) is 11.2. The average molecular weight is 267 g/mol. The number of nitrogens with zero attached hydrogens (tertiary/aromatic N) is 4. The van der Waals surface area contributed by atoms with Crippen molar-refractivity contribution >= 4 is 17.7 Å². The van der Waals surface area contributed by atoms with Crippen molar-refractivity contribution in [1.29, 1.82) is 0 Å². The zero-order valence-electron chi connectivity index (χ0n) is 10.2. The number of nitrogens with one attached hydrogen (secondary N) is 1. The van der Waals surface area contributed by atoms with Gasteiger partial charge in [-0.3, -0.25) is 4.79 Å². The lowest BCUT2D eigenvalue weighted by Crippen LogP contribution is -2.43. The minimum absolute atomic E-state index is 0.0241. The van der Waals surface area contributed by atoms with Gasteiger partial charge in [0.15, 0.2) is 5.69 Å². The number of hydrogen-bond donors (Lipinski definition) is 1. The maximum absolute atomic E-state index is 12.3. The summed E-state index contributed by atoms with van der Waals surface area (Å²) >= 11 is 1.91. The van der Waals surface area contributed by atoms with Crippen molar-refractivity contribution in [2.75, 3.05) is 37.7 Å². The molecular weight excluding hydrogens is 250 g/mol. The van der Waals surface area contributed by atoms with Crippen molar-refractivity contribution in [2.24, 2.45) is 0 Å². The Labute approximate surface area is 110 Å². The summed E-state index contributed by atoms with van der Waals surface area (Å²) in [6.07, 6.45) is 2.85. The fourth-order valence-corrected chi connectivity index (χ4v) is 3.01. The van der Waals surface area contributed by atoms with Crippen molar-refractivity contribution in [3.05, 3.63) is 11.9 Å². The van der Waals surface area contributed by atoms with Crippen LogP contribution in [0.3, 0.4) is 0 Å². The van der Waals surface area contributed by atoms with E-state index in [0.29, 0.717) is 11.7 Å². The van der Waals surface area contributed by atoms with Crippen LogP contribution in [0, 0.1) is 0 Å². The van der Waals surface area contributed by atoms with Crippen LogP contribution in [0.15, 0.2) is 6.20 Å². The first kappa shape index (κ1) is 12.0. The highest BCUT2D eigenvalue weighted by Crippen LogP contribution is 2.14. The van der Waals surface area contributed by atoms with Crippen molar-refractivity contribution < 1.29 is 4.79 Å². The average Bonchev–Trinajstić information content (AvgIpc) is 2.62. The molecule has 0 aromatic carbocycles. The van der Waals surface area contributed by atoms with Crippen molar-refractivity contribution in [1.82, 2.24) is 25.2 Å². The van der Waals surface area contributed by atoms with Crippen LogP contribution in [0.4, 0.5) is 0 Å². The number of rotatable bonds is 2. The number of amides is 1. The molecule has 0 spiro atoms. The van der Waals surface area contributed by atoms with E-state index < -0.39 is 0 Å². The second-order valence-electron chi connectivity index (χ2n) is 4.65. The molecule has 0 saturated carbocycles. The third-order valence-corrected chi connectivity index (χ3v) is 4.42. The van der Waals surface area contributed by atoms with Gasteiger partial charge in [-0.25, -0.2) is 4.68 Å². The zero-order valence-corrected chi connectivity index (χ0v) is 11.0. The molecule has 1 aromatic heterocycles. The Hall–Kier alpha value is -1.08. The number of hydrogen-bond acceptors (Lipinski definition) is 5. The van der Waals surface area contributed by atoms with Gasteiger partial charge in [-0.05, 0) is 12.2 Å². The predicted molar refractivity (Wildman–Crippen MR) is 69.8 cm³/mol. The van der Waals surface area contributed by atoms with Crippen molar-refractivity contribution in [3.63, 3.8) is 0 Å². The number of aromatic nitrogens is 3. The van der Waals surface area contributed by atoms with E-state index in [0.717, 1.165) is 44.1 Å². The van der Waals surface area contributed by atoms with E-state index in [4.69, 9.17) is 0 Å². The summed E-state index contributed by atoms with van der Waals surface area (Å²) in [4.78, 5) is 14.2. The fourth-order valence-electron chi connectivity index (χ4n) is 2.12. The lowest BCUT2D eigenvalue weighted by molar-refractivity contribution is 0.0762. The van der Waals surface area contributed by atoms with Crippen LogP contribution in [-0.2, 0) is 0 Å². The van der Waals surface area contributed by atoms with E-state index in [1.54, 1.807) is 10.9 Å². The Morgan fingerprint density at radius 1 is 1.39 bits per heavy atom. The van der Waals surface area contributed by atoms with E-state index in [2.05, 4.69) is 15.6 Å². The molecule has 0 bridgehead atoms. The molecule has 0 atom stereocenters. The highest BCUT2D eigenvalue weighted by atomic mass is 32.2. The lowest BCUT2D eigenvalue weighted by atomic mass is 10.2. The van der Waals surface area contributed by atoms with Crippen LogP contribution in [0.2, 0.25) is 0 Å². The van der Waals surface area contributed by atoms with E-state index >= 15 is 0 Å². The zero-order chi connectivity index (χ0) is 12.4. The van der Waals surface area contributed by atoms with E-state index in [1.165, 1.54) is 0 Å². The Kier molecular flexibility index (Phi) is 3.51. The molecule has 1 N–H and O–H groups in total. The number of thioether (sulfide) groups is 1. The van der Waals surface area contributed by atoms with Crippen LogP contribution in [0.25, 0.3) is 0 Å². The van der Waals surface area contributed by atoms with Crippen LogP contribution < -0.4 is 5.32 Å². The Bertz CT molecular complexity index is 423. The molecular formula is C11H17N5OS. The molecule has 0 radical (unpaired) electrons. The maximum Gasteiger partial charge on any atom is 0.276 e. The molecule has 0 aliphatic carbocycles. The van der Waals surface area contributed by atoms with Crippen molar-refractivity contribution in [3.8, 4) is 0 Å². The molecule has 2 aliphatic rings. The van der Waals surface area contributed by atoms with Gasteiger partial charge in [0.2, 0.25) is 0 Å². The second-order valence-corrected chi connectivity index (χ2v) is 5.88. The van der Waals surface area contributed by atoms with E-state index in [1.807, 2.05) is 16.7 Å². The summed E-state index contributed by atoms with van der Waals surface area (Å²) < 4.78 is 1.80. The van der Waals surface area contributed by atoms with Crippen LogP contribution in [0.5, 0.6) is 0 Å². The smallest absolute Gasteiger partial charge is 0.276 e. The Balaban J connectivity index is 1.68. The first-order chi connectivity index (χ1) is 8.84. The molecule has 2 fully saturated rings. The number of carbonyl (C=O) groups excluding carboxylic acids is 1. The second kappa shape index (κ2) is 5.27. The van der Waals surface area contributed by atoms with Gasteiger partial charge in [0.05, 0.1) is 12.2 Å². The summed E-state index contributed by atoms with van der Waals surface area (Å²) in [7, 11) is 0. The summed E-state index contributed by atoms with van der Waals surface area (Å²) in [5.74, 6) is 2.19. The Morgan fingerprint density at radius 3 is 3.06 bits per heavy atom. The van der Waals surface area contributed by atoms with Crippen LogP contribution in [0.1, 0.15) is 23.0 Å². The van der Waals surface area contributed by atoms with Gasteiger partial charge in [-0.15, -0.1) is 5.10 Å². The maximum atomic E-state index is 12.3. The van der Waals surface area contributed by atoms with Gasteiger partial charge in [-0.2, -0.15) is 11.8 Å². The third-order valence-electron chi connectivity index (χ3n) is 3.37.